The van der Waals surface area contributed by atoms with Crippen molar-refractivity contribution in [1.29, 1.82) is 0 Å². The Morgan fingerprint density at radius 3 is 2.38 bits per heavy atom. The first kappa shape index (κ1) is 26.5. The van der Waals surface area contributed by atoms with Crippen LogP contribution in [-0.4, -0.2) is 31.1 Å². The van der Waals surface area contributed by atoms with Gasteiger partial charge in [0.05, 0.1) is 30.7 Å². The van der Waals surface area contributed by atoms with Crippen LogP contribution in [0.2, 0.25) is 0 Å². The highest BCUT2D eigenvalue weighted by atomic mass is 19.1. The third kappa shape index (κ3) is 5.53. The number of amides is 1. The summed E-state index contributed by atoms with van der Waals surface area (Å²) in [5, 5.41) is 0.121. The van der Waals surface area contributed by atoms with Crippen LogP contribution in [0.3, 0.4) is 0 Å². The van der Waals surface area contributed by atoms with E-state index in [4.69, 9.17) is 13.9 Å². The summed E-state index contributed by atoms with van der Waals surface area (Å²) in [6, 6.07) is 18.3. The van der Waals surface area contributed by atoms with E-state index >= 15 is 0 Å². The zero-order valence-corrected chi connectivity index (χ0v) is 22.2. The standard InChI is InChI=1S/C32H32FNO5/c1-3-4-5-6-19-38-25-14-9-22(10-15-25)29-28-30(35)26-20-23(33)11-16-27(26)39-31(28)32(36)34(29)18-17-21-7-12-24(37-2)13-8-21/h7-16,20,29H,3-6,17-19H2,1-2H3. The van der Waals surface area contributed by atoms with E-state index in [1.165, 1.54) is 31.0 Å². The Balaban J connectivity index is 1.47. The summed E-state index contributed by atoms with van der Waals surface area (Å²) in [5.41, 5.74) is 1.82. The number of methoxy groups -OCH3 is 1. The predicted molar refractivity (Wildman–Crippen MR) is 148 cm³/mol. The van der Waals surface area contributed by atoms with Crippen LogP contribution in [0.5, 0.6) is 11.5 Å². The van der Waals surface area contributed by atoms with Gasteiger partial charge in [-0.25, -0.2) is 4.39 Å². The molecule has 1 atom stereocenters. The van der Waals surface area contributed by atoms with Crippen molar-refractivity contribution in [2.75, 3.05) is 20.3 Å². The second-order valence-electron chi connectivity index (χ2n) is 9.79. The highest BCUT2D eigenvalue weighted by molar-refractivity contribution is 5.99. The molecule has 0 aliphatic carbocycles. The molecular weight excluding hydrogens is 497 g/mol. The molecule has 1 unspecified atom stereocenters. The molecule has 202 valence electrons. The Bertz CT molecular complexity index is 1510. The molecule has 5 rings (SSSR count). The average molecular weight is 530 g/mol. The summed E-state index contributed by atoms with van der Waals surface area (Å²) in [6.45, 7) is 3.17. The van der Waals surface area contributed by atoms with E-state index in [1.54, 1.807) is 12.0 Å². The summed E-state index contributed by atoms with van der Waals surface area (Å²) in [7, 11) is 1.61. The molecular formula is C32H32FNO5. The summed E-state index contributed by atoms with van der Waals surface area (Å²) < 4.78 is 31.1. The highest BCUT2D eigenvalue weighted by Gasteiger charge is 2.42. The molecule has 6 nitrogen and oxygen atoms in total. The fourth-order valence-electron chi connectivity index (χ4n) is 5.08. The fraction of sp³-hybridized carbons (Fsp3) is 0.312. The van der Waals surface area contributed by atoms with Crippen molar-refractivity contribution in [3.8, 4) is 11.5 Å². The first-order valence-corrected chi connectivity index (χ1v) is 13.4. The number of rotatable bonds is 11. The van der Waals surface area contributed by atoms with E-state index in [1.807, 2.05) is 48.5 Å². The Hall–Kier alpha value is -4.13. The minimum atomic E-state index is -0.659. The van der Waals surface area contributed by atoms with Gasteiger partial charge < -0.3 is 18.8 Å². The molecule has 0 bridgehead atoms. The van der Waals surface area contributed by atoms with E-state index in [2.05, 4.69) is 6.92 Å². The number of hydrogen-bond acceptors (Lipinski definition) is 5. The molecule has 3 aromatic carbocycles. The molecule has 4 aromatic rings. The monoisotopic (exact) mass is 529 g/mol. The highest BCUT2D eigenvalue weighted by Crippen LogP contribution is 2.38. The summed E-state index contributed by atoms with van der Waals surface area (Å²) in [6.07, 6.45) is 5.04. The molecule has 0 saturated heterocycles. The molecule has 0 saturated carbocycles. The van der Waals surface area contributed by atoms with Gasteiger partial charge in [0.2, 0.25) is 5.76 Å². The van der Waals surface area contributed by atoms with Crippen LogP contribution in [0.25, 0.3) is 11.0 Å². The molecule has 39 heavy (non-hydrogen) atoms. The van der Waals surface area contributed by atoms with Crippen molar-refractivity contribution in [3.05, 3.63) is 105 Å². The second-order valence-corrected chi connectivity index (χ2v) is 9.79. The van der Waals surface area contributed by atoms with Crippen LogP contribution in [0.4, 0.5) is 4.39 Å². The van der Waals surface area contributed by atoms with Crippen molar-refractivity contribution in [2.24, 2.45) is 0 Å². The van der Waals surface area contributed by atoms with Gasteiger partial charge in [-0.1, -0.05) is 50.5 Å². The first-order valence-electron chi connectivity index (χ1n) is 13.4. The number of fused-ring (bicyclic) bond motifs is 2. The Kier molecular flexibility index (Phi) is 7.96. The number of hydrogen-bond donors (Lipinski definition) is 0. The minimum Gasteiger partial charge on any atom is -0.497 e. The van der Waals surface area contributed by atoms with Crippen molar-refractivity contribution >= 4 is 16.9 Å². The van der Waals surface area contributed by atoms with Crippen LogP contribution in [-0.2, 0) is 6.42 Å². The number of carbonyl (C=O) groups is 1. The SMILES string of the molecule is CCCCCCOc1ccc(C2c3c(oc4ccc(F)cc4c3=O)C(=O)N2CCc2ccc(OC)cc2)cc1. The Labute approximate surface area is 227 Å². The Morgan fingerprint density at radius 1 is 0.923 bits per heavy atom. The maximum Gasteiger partial charge on any atom is 0.290 e. The summed E-state index contributed by atoms with van der Waals surface area (Å²) >= 11 is 0. The van der Waals surface area contributed by atoms with Gasteiger partial charge in [-0.05, 0) is 66.4 Å². The number of halogens is 1. The summed E-state index contributed by atoms with van der Waals surface area (Å²) in [4.78, 5) is 28.9. The fourth-order valence-corrected chi connectivity index (χ4v) is 5.08. The molecule has 0 fully saturated rings. The van der Waals surface area contributed by atoms with Gasteiger partial charge >= 0.3 is 0 Å². The molecule has 1 aromatic heterocycles. The van der Waals surface area contributed by atoms with Gasteiger partial charge in [0.25, 0.3) is 5.91 Å². The van der Waals surface area contributed by atoms with E-state index < -0.39 is 17.3 Å². The zero-order valence-electron chi connectivity index (χ0n) is 22.2. The van der Waals surface area contributed by atoms with Crippen LogP contribution < -0.4 is 14.9 Å². The van der Waals surface area contributed by atoms with E-state index in [0.29, 0.717) is 19.6 Å². The second kappa shape index (κ2) is 11.7. The topological polar surface area (TPSA) is 69.0 Å². The molecule has 7 heteroatoms. The molecule has 1 aliphatic heterocycles. The average Bonchev–Trinajstić information content (AvgIpc) is 3.24. The van der Waals surface area contributed by atoms with Crippen molar-refractivity contribution in [1.82, 2.24) is 4.90 Å². The summed E-state index contributed by atoms with van der Waals surface area (Å²) in [5.74, 6) is 0.602. The number of ether oxygens (including phenoxy) is 2. The van der Waals surface area contributed by atoms with Crippen LogP contribution in [0.15, 0.2) is 75.9 Å². The van der Waals surface area contributed by atoms with Gasteiger partial charge in [-0.3, -0.25) is 9.59 Å². The number of unbranched alkanes of at least 4 members (excludes halogenated alkanes) is 3. The quantitative estimate of drug-likeness (QED) is 0.203. The lowest BCUT2D eigenvalue weighted by Gasteiger charge is -2.25. The van der Waals surface area contributed by atoms with Crippen LogP contribution >= 0.6 is 0 Å². The molecule has 0 spiro atoms. The number of carbonyl (C=O) groups excluding carboxylic acids is 1. The maximum absolute atomic E-state index is 14.0. The lowest BCUT2D eigenvalue weighted by atomic mass is 9.98. The zero-order chi connectivity index (χ0) is 27.4. The Morgan fingerprint density at radius 2 is 1.67 bits per heavy atom. The van der Waals surface area contributed by atoms with Gasteiger partial charge in [0.1, 0.15) is 22.9 Å². The van der Waals surface area contributed by atoms with Crippen molar-refractivity contribution in [3.63, 3.8) is 0 Å². The third-order valence-electron chi connectivity index (χ3n) is 7.19. The molecule has 1 amide bonds. The van der Waals surface area contributed by atoms with Crippen LogP contribution in [0, 0.1) is 5.82 Å². The third-order valence-corrected chi connectivity index (χ3v) is 7.19. The minimum absolute atomic E-state index is 0.00934. The largest absolute Gasteiger partial charge is 0.497 e. The lowest BCUT2D eigenvalue weighted by Crippen LogP contribution is -2.31. The normalized spacial score (nSPS) is 14.6. The number of benzene rings is 3. The van der Waals surface area contributed by atoms with E-state index in [-0.39, 0.29) is 28.2 Å². The lowest BCUT2D eigenvalue weighted by molar-refractivity contribution is 0.0730. The van der Waals surface area contributed by atoms with Gasteiger partial charge in [0, 0.05) is 6.54 Å². The number of nitrogens with zero attached hydrogens (tertiary/aromatic N) is 1. The van der Waals surface area contributed by atoms with Gasteiger partial charge in [0.15, 0.2) is 5.43 Å². The van der Waals surface area contributed by atoms with Gasteiger partial charge in [-0.2, -0.15) is 0 Å². The molecule has 2 heterocycles. The predicted octanol–water partition coefficient (Wildman–Crippen LogP) is 6.69. The molecule has 1 aliphatic rings. The van der Waals surface area contributed by atoms with Gasteiger partial charge in [-0.15, -0.1) is 0 Å². The smallest absolute Gasteiger partial charge is 0.290 e. The first-order chi connectivity index (χ1) is 19.0. The van der Waals surface area contributed by atoms with Crippen molar-refractivity contribution < 1.29 is 23.1 Å². The van der Waals surface area contributed by atoms with Crippen LogP contribution in [0.1, 0.15) is 65.9 Å². The van der Waals surface area contributed by atoms with E-state index in [9.17, 15) is 14.0 Å². The maximum atomic E-state index is 14.0. The molecule has 0 radical (unpaired) electrons. The van der Waals surface area contributed by atoms with E-state index in [0.717, 1.165) is 35.5 Å². The molecule has 0 N–H and O–H groups in total. The van der Waals surface area contributed by atoms with Crippen molar-refractivity contribution in [2.45, 2.75) is 45.1 Å².